The number of nitrogens with one attached hydrogen (secondary N) is 1. The van der Waals surface area contributed by atoms with Crippen LogP contribution in [0.3, 0.4) is 0 Å². The van der Waals surface area contributed by atoms with Gasteiger partial charge in [-0.3, -0.25) is 4.79 Å². The van der Waals surface area contributed by atoms with Crippen molar-refractivity contribution in [2.24, 2.45) is 0 Å². The molecule has 0 heterocycles. The number of carbonyl (C=O) groups is 1. The van der Waals surface area contributed by atoms with Gasteiger partial charge in [0.15, 0.2) is 0 Å². The minimum absolute atomic E-state index is 0.0520. The van der Waals surface area contributed by atoms with Crippen molar-refractivity contribution in [3.8, 4) is 0 Å². The summed E-state index contributed by atoms with van der Waals surface area (Å²) < 4.78 is 1.19. The van der Waals surface area contributed by atoms with E-state index in [-0.39, 0.29) is 5.91 Å². The fourth-order valence-electron chi connectivity index (χ4n) is 0.876. The van der Waals surface area contributed by atoms with Crippen LogP contribution in [-0.2, 0) is 11.2 Å². The zero-order valence-corrected chi connectivity index (χ0v) is 8.96. The molecule has 0 saturated carbocycles. The van der Waals surface area contributed by atoms with E-state index in [1.807, 2.05) is 24.3 Å². The Labute approximate surface area is 85.5 Å². The molecule has 1 rings (SSSR count). The van der Waals surface area contributed by atoms with E-state index in [1.54, 1.807) is 7.05 Å². The molecular weight excluding hydrogens is 265 g/mol. The van der Waals surface area contributed by atoms with Crippen LogP contribution >= 0.6 is 22.6 Å². The van der Waals surface area contributed by atoms with Gasteiger partial charge in [0.05, 0.1) is 6.42 Å². The Kier molecular flexibility index (Phi) is 3.52. The van der Waals surface area contributed by atoms with E-state index in [4.69, 9.17) is 0 Å². The molecule has 0 spiro atoms. The number of likely N-dealkylation sites (N-methyl/N-ethyl adjacent to an activating group) is 1. The van der Waals surface area contributed by atoms with Crippen molar-refractivity contribution in [1.82, 2.24) is 5.32 Å². The van der Waals surface area contributed by atoms with Crippen molar-refractivity contribution in [3.63, 3.8) is 0 Å². The Hall–Kier alpha value is -0.580. The van der Waals surface area contributed by atoms with Gasteiger partial charge in [0.25, 0.3) is 0 Å². The fourth-order valence-corrected chi connectivity index (χ4v) is 1.24. The Morgan fingerprint density at radius 3 is 2.50 bits per heavy atom. The smallest absolute Gasteiger partial charge is 0.224 e. The van der Waals surface area contributed by atoms with Crippen LogP contribution in [0.1, 0.15) is 5.56 Å². The second kappa shape index (κ2) is 4.45. The number of carbonyl (C=O) groups excluding carboxylic acids is 1. The maximum atomic E-state index is 11.0. The molecule has 0 aromatic heterocycles. The molecule has 0 saturated heterocycles. The number of amides is 1. The summed E-state index contributed by atoms with van der Waals surface area (Å²) >= 11 is 2.24. The quantitative estimate of drug-likeness (QED) is 0.816. The number of hydrogen-bond acceptors (Lipinski definition) is 1. The number of halogens is 1. The third kappa shape index (κ3) is 2.81. The molecule has 12 heavy (non-hydrogen) atoms. The average molecular weight is 275 g/mol. The third-order valence-electron chi connectivity index (χ3n) is 1.56. The van der Waals surface area contributed by atoms with Crippen molar-refractivity contribution in [2.45, 2.75) is 6.42 Å². The summed E-state index contributed by atoms with van der Waals surface area (Å²) in [5.41, 5.74) is 1.05. The Bertz CT molecular complexity index is 268. The summed E-state index contributed by atoms with van der Waals surface area (Å²) in [7, 11) is 1.65. The molecule has 0 unspecified atom stereocenters. The van der Waals surface area contributed by atoms with Gasteiger partial charge in [-0.15, -0.1) is 0 Å². The molecule has 0 radical (unpaired) electrons. The van der Waals surface area contributed by atoms with Gasteiger partial charge in [0.2, 0.25) is 5.91 Å². The zero-order valence-electron chi connectivity index (χ0n) is 6.80. The maximum Gasteiger partial charge on any atom is 0.224 e. The monoisotopic (exact) mass is 275 g/mol. The molecule has 1 aromatic rings. The highest BCUT2D eigenvalue weighted by Crippen LogP contribution is 2.06. The lowest BCUT2D eigenvalue weighted by Gasteiger charge is -1.99. The second-order valence-corrected chi connectivity index (χ2v) is 3.72. The lowest BCUT2D eigenvalue weighted by atomic mass is 10.1. The fraction of sp³-hybridized carbons (Fsp3) is 0.222. The third-order valence-corrected chi connectivity index (χ3v) is 2.28. The summed E-state index contributed by atoms with van der Waals surface area (Å²) in [6.45, 7) is 0. The van der Waals surface area contributed by atoms with Gasteiger partial charge in [-0.2, -0.15) is 0 Å². The molecule has 1 amide bonds. The molecule has 0 aliphatic carbocycles. The predicted molar refractivity (Wildman–Crippen MR) is 56.9 cm³/mol. The van der Waals surface area contributed by atoms with Crippen LogP contribution in [0.2, 0.25) is 0 Å². The van der Waals surface area contributed by atoms with E-state index in [1.165, 1.54) is 3.57 Å². The topological polar surface area (TPSA) is 29.1 Å². The zero-order chi connectivity index (χ0) is 8.97. The second-order valence-electron chi connectivity index (χ2n) is 2.48. The molecule has 3 heteroatoms. The van der Waals surface area contributed by atoms with Crippen molar-refractivity contribution < 1.29 is 4.79 Å². The molecule has 0 aliphatic rings. The highest BCUT2D eigenvalue weighted by molar-refractivity contribution is 14.1. The molecule has 0 atom stereocenters. The van der Waals surface area contributed by atoms with Gasteiger partial charge in [-0.1, -0.05) is 12.1 Å². The highest BCUT2D eigenvalue weighted by Gasteiger charge is 1.99. The first-order valence-electron chi connectivity index (χ1n) is 3.67. The molecule has 1 N–H and O–H groups in total. The number of hydrogen-bond donors (Lipinski definition) is 1. The number of rotatable bonds is 2. The summed E-state index contributed by atoms with van der Waals surface area (Å²) in [5, 5.41) is 2.59. The molecular formula is C9H10INO. The molecule has 2 nitrogen and oxygen atoms in total. The normalized spacial score (nSPS) is 9.50. The van der Waals surface area contributed by atoms with Gasteiger partial charge in [-0.25, -0.2) is 0 Å². The molecule has 0 fully saturated rings. The Morgan fingerprint density at radius 2 is 2.00 bits per heavy atom. The van der Waals surface area contributed by atoms with Gasteiger partial charge < -0.3 is 5.32 Å². The predicted octanol–water partition coefficient (Wildman–Crippen LogP) is 1.58. The standard InChI is InChI=1S/C9H10INO/c1-11-9(12)6-7-2-4-8(10)5-3-7/h2-5H,6H2,1H3,(H,11,12). The van der Waals surface area contributed by atoms with Crippen molar-refractivity contribution >= 4 is 28.5 Å². The minimum atomic E-state index is 0.0520. The van der Waals surface area contributed by atoms with E-state index < -0.39 is 0 Å². The highest BCUT2D eigenvalue weighted by atomic mass is 127. The lowest BCUT2D eigenvalue weighted by molar-refractivity contribution is -0.119. The van der Waals surface area contributed by atoms with E-state index in [2.05, 4.69) is 27.9 Å². The van der Waals surface area contributed by atoms with Crippen LogP contribution in [0, 0.1) is 3.57 Å². The molecule has 64 valence electrons. The summed E-state index contributed by atoms with van der Waals surface area (Å²) in [6, 6.07) is 7.94. The van der Waals surface area contributed by atoms with Crippen LogP contribution in [-0.4, -0.2) is 13.0 Å². The van der Waals surface area contributed by atoms with Crippen LogP contribution < -0.4 is 5.32 Å². The van der Waals surface area contributed by atoms with E-state index in [0.29, 0.717) is 6.42 Å². The summed E-state index contributed by atoms with van der Waals surface area (Å²) in [5.74, 6) is 0.0520. The SMILES string of the molecule is CNC(=O)Cc1ccc(I)cc1. The van der Waals surface area contributed by atoms with Crippen molar-refractivity contribution in [3.05, 3.63) is 33.4 Å². The Balaban J connectivity index is 2.64. The van der Waals surface area contributed by atoms with Crippen LogP contribution in [0.5, 0.6) is 0 Å². The molecule has 0 bridgehead atoms. The maximum absolute atomic E-state index is 11.0. The van der Waals surface area contributed by atoms with Gasteiger partial charge in [-0.05, 0) is 40.3 Å². The van der Waals surface area contributed by atoms with E-state index in [9.17, 15) is 4.79 Å². The molecule has 1 aromatic carbocycles. The van der Waals surface area contributed by atoms with Crippen LogP contribution in [0.25, 0.3) is 0 Å². The van der Waals surface area contributed by atoms with Gasteiger partial charge >= 0.3 is 0 Å². The lowest BCUT2D eigenvalue weighted by Crippen LogP contribution is -2.19. The van der Waals surface area contributed by atoms with Crippen molar-refractivity contribution in [1.29, 1.82) is 0 Å². The minimum Gasteiger partial charge on any atom is -0.359 e. The van der Waals surface area contributed by atoms with Gasteiger partial charge in [0.1, 0.15) is 0 Å². The largest absolute Gasteiger partial charge is 0.359 e. The first-order valence-corrected chi connectivity index (χ1v) is 4.75. The summed E-state index contributed by atoms with van der Waals surface area (Å²) in [4.78, 5) is 11.0. The van der Waals surface area contributed by atoms with Crippen LogP contribution in [0.4, 0.5) is 0 Å². The van der Waals surface area contributed by atoms with Crippen molar-refractivity contribution in [2.75, 3.05) is 7.05 Å². The first kappa shape index (κ1) is 9.51. The number of benzene rings is 1. The first-order chi connectivity index (χ1) is 5.72. The van der Waals surface area contributed by atoms with E-state index in [0.717, 1.165) is 5.56 Å². The Morgan fingerprint density at radius 1 is 1.42 bits per heavy atom. The van der Waals surface area contributed by atoms with Gasteiger partial charge in [0, 0.05) is 10.6 Å². The molecule has 0 aliphatic heterocycles. The average Bonchev–Trinajstić information content (AvgIpc) is 2.09. The van der Waals surface area contributed by atoms with E-state index >= 15 is 0 Å². The van der Waals surface area contributed by atoms with Crippen LogP contribution in [0.15, 0.2) is 24.3 Å². The summed E-state index contributed by atoms with van der Waals surface area (Å²) in [6.07, 6.45) is 0.466.